The van der Waals surface area contributed by atoms with Crippen molar-refractivity contribution < 1.29 is 19.4 Å². The second-order valence-corrected chi connectivity index (χ2v) is 8.95. The first-order chi connectivity index (χ1) is 15.8. The lowest BCUT2D eigenvalue weighted by Gasteiger charge is -2.51. The molecule has 2 amide bonds. The van der Waals surface area contributed by atoms with E-state index >= 15 is 0 Å². The summed E-state index contributed by atoms with van der Waals surface area (Å²) in [7, 11) is 1.61. The van der Waals surface area contributed by atoms with Crippen LogP contribution in [0, 0.1) is 25.6 Å². The van der Waals surface area contributed by atoms with Crippen molar-refractivity contribution in [1.29, 1.82) is 0 Å². The normalized spacial score (nSPS) is 28.6. The molecule has 170 valence electrons. The average Bonchev–Trinajstić information content (AvgIpc) is 3.10. The molecule has 2 aromatic rings. The minimum atomic E-state index is -1.57. The van der Waals surface area contributed by atoms with E-state index in [1.165, 1.54) is 21.9 Å². The number of piperidine rings is 1. The van der Waals surface area contributed by atoms with Gasteiger partial charge >= 0.3 is 0 Å². The second kappa shape index (κ2) is 7.36. The van der Waals surface area contributed by atoms with Gasteiger partial charge in [-0.05, 0) is 29.5 Å². The van der Waals surface area contributed by atoms with Crippen molar-refractivity contribution in [2.24, 2.45) is 5.41 Å². The highest BCUT2D eigenvalue weighted by atomic mass is 16.6. The Balaban J connectivity index is 1.77. The third-order valence-corrected chi connectivity index (χ3v) is 7.43. The number of non-ortho nitro benzene ring substituents is 1. The molecule has 2 saturated heterocycles. The maximum atomic E-state index is 14.0. The molecule has 0 N–H and O–H groups in total. The number of fused-ring (bicyclic) bond motifs is 3. The Bertz CT molecular complexity index is 1180. The quantitative estimate of drug-likeness (QED) is 0.401. The van der Waals surface area contributed by atoms with Gasteiger partial charge in [-0.15, -0.1) is 0 Å². The van der Waals surface area contributed by atoms with Crippen molar-refractivity contribution in [3.8, 4) is 0 Å². The molecular weight excluding hydrogens is 428 g/mol. The Kier molecular flexibility index (Phi) is 4.70. The van der Waals surface area contributed by atoms with Gasteiger partial charge in [-0.2, -0.15) is 0 Å². The van der Waals surface area contributed by atoms with Gasteiger partial charge in [0.1, 0.15) is 11.5 Å². The smallest absolute Gasteiger partial charge is 0.269 e. The lowest BCUT2D eigenvalue weighted by atomic mass is 9.60. The Morgan fingerprint density at radius 3 is 2.33 bits per heavy atom. The molecule has 2 fully saturated rings. The number of carbonyl (C=O) groups is 2. The fourth-order valence-corrected chi connectivity index (χ4v) is 5.97. The number of rotatable bonds is 3. The first-order valence-electron chi connectivity index (χ1n) is 10.8. The number of likely N-dealkylation sites (tertiary alicyclic amines) is 1. The molecule has 10 nitrogen and oxygen atoms in total. The summed E-state index contributed by atoms with van der Waals surface area (Å²) >= 11 is 0. The van der Waals surface area contributed by atoms with E-state index in [-0.39, 0.29) is 18.7 Å². The second-order valence-electron chi connectivity index (χ2n) is 8.95. The molecule has 10 heteroatoms. The third-order valence-electron chi connectivity index (χ3n) is 7.43. The van der Waals surface area contributed by atoms with Gasteiger partial charge in [-0.1, -0.05) is 36.4 Å². The molecule has 1 spiro atoms. The molecule has 33 heavy (non-hydrogen) atoms. The number of hydrogen-bond acceptors (Lipinski definition) is 6. The summed E-state index contributed by atoms with van der Waals surface area (Å²) in [5.41, 5.74) is -0.0336. The highest BCUT2D eigenvalue weighted by Gasteiger charge is 2.69. The van der Waals surface area contributed by atoms with Crippen LogP contribution in [0.25, 0.3) is 0 Å². The molecule has 5 rings (SSSR count). The number of nitro groups is 2. The maximum absolute atomic E-state index is 14.0. The van der Waals surface area contributed by atoms with Gasteiger partial charge in [0.05, 0.1) is 10.8 Å². The van der Waals surface area contributed by atoms with E-state index < -0.39 is 45.1 Å². The van der Waals surface area contributed by atoms with Crippen molar-refractivity contribution >= 4 is 17.5 Å². The van der Waals surface area contributed by atoms with E-state index in [1.807, 2.05) is 0 Å². The van der Waals surface area contributed by atoms with Crippen molar-refractivity contribution in [3.05, 3.63) is 85.4 Å². The van der Waals surface area contributed by atoms with Crippen molar-refractivity contribution in [3.63, 3.8) is 0 Å². The zero-order valence-electron chi connectivity index (χ0n) is 17.9. The summed E-state index contributed by atoms with van der Waals surface area (Å²) in [5, 5.41) is 24.1. The van der Waals surface area contributed by atoms with Crippen LogP contribution >= 0.6 is 0 Å². The maximum Gasteiger partial charge on any atom is 0.269 e. The monoisotopic (exact) mass is 450 g/mol. The number of nitro benzene ring substituents is 1. The van der Waals surface area contributed by atoms with Crippen molar-refractivity contribution in [1.82, 2.24) is 9.80 Å². The fraction of sp³-hybridized carbons (Fsp3) is 0.391. The van der Waals surface area contributed by atoms with Gasteiger partial charge in [0.15, 0.2) is 0 Å². The molecule has 3 aliphatic rings. The third kappa shape index (κ3) is 2.86. The predicted octanol–water partition coefficient (Wildman–Crippen LogP) is 2.31. The van der Waals surface area contributed by atoms with Crippen LogP contribution in [0.5, 0.6) is 0 Å². The number of amides is 2. The van der Waals surface area contributed by atoms with Crippen LogP contribution in [0.3, 0.4) is 0 Å². The molecule has 0 saturated carbocycles. The molecule has 0 unspecified atom stereocenters. The van der Waals surface area contributed by atoms with Crippen LogP contribution in [0.1, 0.15) is 35.1 Å². The topological polar surface area (TPSA) is 127 Å². The number of nitrogens with zero attached hydrogens (tertiary/aromatic N) is 4. The molecule has 0 aliphatic carbocycles. The van der Waals surface area contributed by atoms with Crippen LogP contribution in [-0.2, 0) is 16.0 Å². The van der Waals surface area contributed by atoms with Crippen LogP contribution in [0.2, 0.25) is 0 Å². The standard InChI is InChI=1S/C23H22N4O6/c1-24-12-10-23(21(24)28)18(15-5-3-2-4-6-15)20(27(32)33)19-17-13-16(26(30)31)8-7-14(17)9-11-25(19)22(23)29/h2-8,13,18-20H,9-12H2,1H3/t18-,19+,20-,23+/m0/s1. The molecule has 0 bridgehead atoms. The summed E-state index contributed by atoms with van der Waals surface area (Å²) in [4.78, 5) is 53.6. The molecule has 2 aromatic carbocycles. The first-order valence-corrected chi connectivity index (χ1v) is 10.8. The van der Waals surface area contributed by atoms with E-state index in [0.29, 0.717) is 24.1 Å². The largest absolute Gasteiger partial charge is 0.345 e. The Labute approximate surface area is 189 Å². The zero-order valence-corrected chi connectivity index (χ0v) is 17.9. The van der Waals surface area contributed by atoms with E-state index in [2.05, 4.69) is 0 Å². The van der Waals surface area contributed by atoms with Crippen LogP contribution in [-0.4, -0.2) is 57.6 Å². The van der Waals surface area contributed by atoms with Crippen LogP contribution in [0.4, 0.5) is 5.69 Å². The van der Waals surface area contributed by atoms with E-state index in [4.69, 9.17) is 0 Å². The molecule has 3 heterocycles. The zero-order chi connectivity index (χ0) is 23.5. The lowest BCUT2D eigenvalue weighted by Crippen LogP contribution is -2.65. The number of hydrogen-bond donors (Lipinski definition) is 0. The highest BCUT2D eigenvalue weighted by molar-refractivity contribution is 6.08. The lowest BCUT2D eigenvalue weighted by molar-refractivity contribution is -0.540. The van der Waals surface area contributed by atoms with E-state index in [0.717, 1.165) is 5.56 Å². The first kappa shape index (κ1) is 21.0. The van der Waals surface area contributed by atoms with Crippen LogP contribution < -0.4 is 0 Å². The number of benzene rings is 2. The van der Waals surface area contributed by atoms with Crippen molar-refractivity contribution in [2.75, 3.05) is 20.1 Å². The summed E-state index contributed by atoms with van der Waals surface area (Å²) < 4.78 is 0. The summed E-state index contributed by atoms with van der Waals surface area (Å²) in [5.74, 6) is -1.83. The van der Waals surface area contributed by atoms with Gasteiger partial charge in [0.25, 0.3) is 5.69 Å². The van der Waals surface area contributed by atoms with E-state index in [1.54, 1.807) is 43.4 Å². The minimum Gasteiger partial charge on any atom is -0.345 e. The molecular formula is C23H22N4O6. The van der Waals surface area contributed by atoms with Gasteiger partial charge in [-0.25, -0.2) is 0 Å². The minimum absolute atomic E-state index is 0.182. The van der Waals surface area contributed by atoms with Gasteiger partial charge in [0.2, 0.25) is 17.9 Å². The Morgan fingerprint density at radius 2 is 1.73 bits per heavy atom. The molecule has 0 aromatic heterocycles. The molecule has 3 aliphatic heterocycles. The highest BCUT2D eigenvalue weighted by Crippen LogP contribution is 2.56. The fourth-order valence-electron chi connectivity index (χ4n) is 5.97. The average molecular weight is 450 g/mol. The van der Waals surface area contributed by atoms with E-state index in [9.17, 15) is 29.8 Å². The Morgan fingerprint density at radius 1 is 1.00 bits per heavy atom. The molecule has 4 atom stereocenters. The van der Waals surface area contributed by atoms with Crippen LogP contribution in [0.15, 0.2) is 48.5 Å². The van der Waals surface area contributed by atoms with Gasteiger partial charge in [-0.3, -0.25) is 29.8 Å². The molecule has 0 radical (unpaired) electrons. The number of carbonyl (C=O) groups excluding carboxylic acids is 2. The van der Waals surface area contributed by atoms with Gasteiger partial charge in [0, 0.05) is 37.2 Å². The predicted molar refractivity (Wildman–Crippen MR) is 116 cm³/mol. The summed E-state index contributed by atoms with van der Waals surface area (Å²) in [6.07, 6.45) is 0.603. The SMILES string of the molecule is CN1CC[C@@]2(C1=O)C(=O)N1CCc3ccc([N+](=O)[O-])cc3[C@@H]1[C@@H]([N+](=O)[O-])[C@@H]2c1ccccc1. The Hall–Kier alpha value is -3.82. The summed E-state index contributed by atoms with van der Waals surface area (Å²) in [6.45, 7) is 0.553. The van der Waals surface area contributed by atoms with Gasteiger partial charge < -0.3 is 9.80 Å². The summed E-state index contributed by atoms with van der Waals surface area (Å²) in [6, 6.07) is 10.7. The van der Waals surface area contributed by atoms with Crippen molar-refractivity contribution in [2.45, 2.75) is 30.8 Å².